The van der Waals surface area contributed by atoms with Crippen molar-refractivity contribution in [2.75, 3.05) is 12.8 Å². The van der Waals surface area contributed by atoms with Crippen LogP contribution in [0.2, 0.25) is 0 Å². The Balaban J connectivity index is 1.53. The van der Waals surface area contributed by atoms with Gasteiger partial charge in [-0.25, -0.2) is 23.4 Å². The van der Waals surface area contributed by atoms with Gasteiger partial charge in [-0.15, -0.1) is 11.3 Å². The minimum atomic E-state index is -3.35. The fourth-order valence-corrected chi connectivity index (χ4v) is 3.99. The van der Waals surface area contributed by atoms with Crippen LogP contribution in [0.15, 0.2) is 29.1 Å². The molecule has 3 aromatic heterocycles. The lowest BCUT2D eigenvalue weighted by Gasteiger charge is -2.27. The summed E-state index contributed by atoms with van der Waals surface area (Å²) in [6.07, 6.45) is 7.54. The Labute approximate surface area is 137 Å². The average Bonchev–Trinajstić information content (AvgIpc) is 3.07. The van der Waals surface area contributed by atoms with E-state index >= 15 is 0 Å². The van der Waals surface area contributed by atoms with Gasteiger partial charge in [0.2, 0.25) is 15.0 Å². The molecule has 0 spiro atoms. The number of nitrogens with zero attached hydrogens (tertiary/aromatic N) is 5. The molecule has 0 saturated heterocycles. The molecule has 0 atom stereocenters. The number of thiazole rings is 1. The summed E-state index contributed by atoms with van der Waals surface area (Å²) >= 11 is 1.62. The number of hydrogen-bond donors (Lipinski definition) is 0. The molecule has 0 saturated carbocycles. The van der Waals surface area contributed by atoms with Crippen molar-refractivity contribution in [1.82, 2.24) is 24.3 Å². The van der Waals surface area contributed by atoms with E-state index in [4.69, 9.17) is 0 Å². The van der Waals surface area contributed by atoms with E-state index in [1.54, 1.807) is 17.5 Å². The van der Waals surface area contributed by atoms with E-state index in [2.05, 4.69) is 19.9 Å². The van der Waals surface area contributed by atoms with Crippen molar-refractivity contribution in [2.45, 2.75) is 24.7 Å². The second-order valence-corrected chi connectivity index (χ2v) is 8.46. The summed E-state index contributed by atoms with van der Waals surface area (Å²) < 4.78 is 25.1. The first-order valence-electron chi connectivity index (χ1n) is 7.17. The van der Waals surface area contributed by atoms with Crippen molar-refractivity contribution in [1.29, 1.82) is 0 Å². The monoisotopic (exact) mass is 349 g/mol. The number of rotatable bonds is 3. The van der Waals surface area contributed by atoms with E-state index in [-0.39, 0.29) is 5.16 Å². The normalized spacial score (nSPS) is 15.9. The molecule has 1 aliphatic rings. The molecule has 0 unspecified atom stereocenters. The topological polar surface area (TPSA) is 80.5 Å². The van der Waals surface area contributed by atoms with Crippen LogP contribution in [0.4, 0.5) is 0 Å². The molecule has 0 radical (unpaired) electrons. The Morgan fingerprint density at radius 3 is 3.00 bits per heavy atom. The Morgan fingerprint density at radius 1 is 1.35 bits per heavy atom. The number of fused-ring (bicyclic) bond motifs is 2. The van der Waals surface area contributed by atoms with Crippen molar-refractivity contribution in [3.63, 3.8) is 0 Å². The Morgan fingerprint density at radius 2 is 2.22 bits per heavy atom. The van der Waals surface area contributed by atoms with E-state index in [0.29, 0.717) is 6.54 Å². The molecule has 3 aromatic rings. The molecule has 4 rings (SSSR count). The van der Waals surface area contributed by atoms with Gasteiger partial charge in [-0.3, -0.25) is 9.30 Å². The quantitative estimate of drug-likeness (QED) is 0.660. The van der Waals surface area contributed by atoms with Crippen LogP contribution in [0.25, 0.3) is 4.96 Å². The van der Waals surface area contributed by atoms with Crippen LogP contribution in [-0.2, 0) is 29.3 Å². The summed E-state index contributed by atoms with van der Waals surface area (Å²) in [6, 6.07) is 0. The Kier molecular flexibility index (Phi) is 3.43. The Hall–Kier alpha value is -1.84. The third-order valence-corrected chi connectivity index (χ3v) is 5.48. The smallest absolute Gasteiger partial charge is 0.246 e. The third kappa shape index (κ3) is 2.87. The number of sulfone groups is 1. The van der Waals surface area contributed by atoms with Gasteiger partial charge >= 0.3 is 0 Å². The van der Waals surface area contributed by atoms with Crippen molar-refractivity contribution in [3.8, 4) is 0 Å². The summed E-state index contributed by atoms with van der Waals surface area (Å²) in [6.45, 7) is 2.31. The fraction of sp³-hybridized carbons (Fsp3) is 0.357. The molecular weight excluding hydrogens is 334 g/mol. The van der Waals surface area contributed by atoms with Crippen LogP contribution in [-0.4, -0.2) is 45.5 Å². The van der Waals surface area contributed by atoms with Crippen molar-refractivity contribution in [2.24, 2.45) is 0 Å². The number of aromatic nitrogens is 4. The van der Waals surface area contributed by atoms with Gasteiger partial charge in [0.1, 0.15) is 0 Å². The maximum absolute atomic E-state index is 11.5. The summed E-state index contributed by atoms with van der Waals surface area (Å²) in [4.78, 5) is 16.1. The van der Waals surface area contributed by atoms with Crippen LogP contribution in [0.3, 0.4) is 0 Å². The van der Waals surface area contributed by atoms with Crippen LogP contribution in [0.1, 0.15) is 17.0 Å². The van der Waals surface area contributed by atoms with Crippen molar-refractivity contribution in [3.05, 3.63) is 40.9 Å². The van der Waals surface area contributed by atoms with Gasteiger partial charge in [0.25, 0.3) is 0 Å². The van der Waals surface area contributed by atoms with E-state index in [1.165, 1.54) is 0 Å². The van der Waals surface area contributed by atoms with E-state index in [9.17, 15) is 8.42 Å². The SMILES string of the molecule is CS(=O)(=O)c1ncc2c(n1)CCN(Cc1cn3ccsc3n1)C2. The van der Waals surface area contributed by atoms with Gasteiger partial charge < -0.3 is 0 Å². The van der Waals surface area contributed by atoms with Gasteiger partial charge in [0.05, 0.1) is 11.4 Å². The fourth-order valence-electron chi connectivity index (χ4n) is 2.75. The lowest BCUT2D eigenvalue weighted by Crippen LogP contribution is -2.31. The second kappa shape index (κ2) is 5.36. The zero-order valence-electron chi connectivity index (χ0n) is 12.5. The van der Waals surface area contributed by atoms with Crippen LogP contribution < -0.4 is 0 Å². The second-order valence-electron chi connectivity index (χ2n) is 5.68. The summed E-state index contributed by atoms with van der Waals surface area (Å²) in [5.74, 6) is 0. The Bertz CT molecular complexity index is 948. The molecular formula is C14H15N5O2S2. The summed E-state index contributed by atoms with van der Waals surface area (Å²) in [7, 11) is -3.35. The molecule has 7 nitrogen and oxygen atoms in total. The largest absolute Gasteiger partial charge is 0.297 e. The molecule has 9 heteroatoms. The maximum atomic E-state index is 11.5. The standard InChI is InChI=1S/C14H15N5O2S2/c1-23(20,21)13-15-6-10-7-18(3-2-12(10)17-13)8-11-9-19-4-5-22-14(19)16-11/h4-6,9H,2-3,7-8H2,1H3. The third-order valence-electron chi connectivity index (χ3n) is 3.85. The van der Waals surface area contributed by atoms with Gasteiger partial charge in [-0.05, 0) is 0 Å². The minimum Gasteiger partial charge on any atom is -0.297 e. The molecule has 23 heavy (non-hydrogen) atoms. The minimum absolute atomic E-state index is 0.0842. The molecule has 4 heterocycles. The highest BCUT2D eigenvalue weighted by Crippen LogP contribution is 2.20. The first-order chi connectivity index (χ1) is 11.0. The summed E-state index contributed by atoms with van der Waals surface area (Å²) in [5, 5.41) is 1.93. The highest BCUT2D eigenvalue weighted by atomic mass is 32.2. The number of imidazole rings is 1. The lowest BCUT2D eigenvalue weighted by molar-refractivity contribution is 0.239. The van der Waals surface area contributed by atoms with E-state index < -0.39 is 9.84 Å². The summed E-state index contributed by atoms with van der Waals surface area (Å²) in [5.41, 5.74) is 2.86. The van der Waals surface area contributed by atoms with Crippen molar-refractivity contribution < 1.29 is 8.42 Å². The predicted molar refractivity (Wildman–Crippen MR) is 86.0 cm³/mol. The molecule has 0 bridgehead atoms. The zero-order chi connectivity index (χ0) is 16.0. The van der Waals surface area contributed by atoms with Gasteiger partial charge in [-0.2, -0.15) is 0 Å². The van der Waals surface area contributed by atoms with Crippen molar-refractivity contribution >= 4 is 26.1 Å². The maximum Gasteiger partial charge on any atom is 0.246 e. The van der Waals surface area contributed by atoms with Gasteiger partial charge in [0.15, 0.2) is 4.96 Å². The molecule has 0 N–H and O–H groups in total. The average molecular weight is 349 g/mol. The molecule has 0 fully saturated rings. The molecule has 0 aromatic carbocycles. The van der Waals surface area contributed by atoms with Crippen LogP contribution in [0, 0.1) is 0 Å². The number of hydrogen-bond acceptors (Lipinski definition) is 7. The van der Waals surface area contributed by atoms with Gasteiger partial charge in [-0.1, -0.05) is 0 Å². The zero-order valence-corrected chi connectivity index (χ0v) is 14.1. The molecule has 1 aliphatic heterocycles. The van der Waals surface area contributed by atoms with E-state index in [1.807, 2.05) is 22.2 Å². The predicted octanol–water partition coefficient (Wildman–Crippen LogP) is 1.15. The first kappa shape index (κ1) is 14.7. The van der Waals surface area contributed by atoms with Crippen LogP contribution in [0.5, 0.6) is 0 Å². The molecule has 0 amide bonds. The van der Waals surface area contributed by atoms with Crippen LogP contribution >= 0.6 is 11.3 Å². The highest BCUT2D eigenvalue weighted by molar-refractivity contribution is 7.90. The van der Waals surface area contributed by atoms with E-state index in [0.717, 1.165) is 47.7 Å². The first-order valence-corrected chi connectivity index (χ1v) is 9.94. The lowest BCUT2D eigenvalue weighted by atomic mass is 10.1. The molecule has 120 valence electrons. The molecule has 0 aliphatic carbocycles. The highest BCUT2D eigenvalue weighted by Gasteiger charge is 2.21. The van der Waals surface area contributed by atoms with Gasteiger partial charge in [0, 0.05) is 61.8 Å².